The molecule has 0 aliphatic rings. The third-order valence-electron chi connectivity index (χ3n) is 3.00. The van der Waals surface area contributed by atoms with Crippen LogP contribution in [0.3, 0.4) is 0 Å². The summed E-state index contributed by atoms with van der Waals surface area (Å²) in [6.45, 7) is 2.11. The van der Waals surface area contributed by atoms with E-state index in [0.29, 0.717) is 12.1 Å². The lowest BCUT2D eigenvalue weighted by molar-refractivity contribution is -0.127. The minimum absolute atomic E-state index is 0.0626. The maximum atomic E-state index is 13.8. The molecule has 3 amide bonds. The third-order valence-corrected chi connectivity index (χ3v) is 3.00. The van der Waals surface area contributed by atoms with Crippen LogP contribution in [-0.2, 0) is 4.79 Å². The normalized spacial score (nSPS) is 11.4. The van der Waals surface area contributed by atoms with Gasteiger partial charge in [-0.1, -0.05) is 42.5 Å². The van der Waals surface area contributed by atoms with Crippen LogP contribution < -0.4 is 15.4 Å². The zero-order chi connectivity index (χ0) is 16.7. The molecular formula is C17H17FN2O3. The minimum Gasteiger partial charge on any atom is -0.473 e. The maximum Gasteiger partial charge on any atom is 0.321 e. The summed E-state index contributed by atoms with van der Waals surface area (Å²) >= 11 is 0. The average molecular weight is 316 g/mol. The van der Waals surface area contributed by atoms with E-state index in [4.69, 9.17) is 4.74 Å². The van der Waals surface area contributed by atoms with Gasteiger partial charge in [0.2, 0.25) is 6.10 Å². The Balaban J connectivity index is 2.24. The van der Waals surface area contributed by atoms with Crippen LogP contribution in [0.1, 0.15) is 18.6 Å². The molecule has 2 N–H and O–H groups in total. The molecule has 0 bridgehead atoms. The first-order valence-electron chi connectivity index (χ1n) is 7.16. The zero-order valence-corrected chi connectivity index (χ0v) is 12.6. The molecule has 0 unspecified atom stereocenters. The summed E-state index contributed by atoms with van der Waals surface area (Å²) in [6.07, 6.45) is -1.14. The number of hydrogen-bond donors (Lipinski definition) is 2. The molecule has 0 spiro atoms. The van der Waals surface area contributed by atoms with Crippen molar-refractivity contribution in [1.82, 2.24) is 10.6 Å². The second-order valence-electron chi connectivity index (χ2n) is 4.69. The molecule has 0 aliphatic heterocycles. The Bertz CT molecular complexity index is 677. The van der Waals surface area contributed by atoms with Crippen LogP contribution in [0.15, 0.2) is 54.6 Å². The SMILES string of the molecule is CCNC(=O)NC(=O)[C@@H](Oc1ccccc1F)c1ccccc1. The van der Waals surface area contributed by atoms with Crippen molar-refractivity contribution in [3.8, 4) is 5.75 Å². The second kappa shape index (κ2) is 7.93. The topological polar surface area (TPSA) is 67.4 Å². The highest BCUT2D eigenvalue weighted by Crippen LogP contribution is 2.24. The zero-order valence-electron chi connectivity index (χ0n) is 12.6. The molecule has 23 heavy (non-hydrogen) atoms. The number of urea groups is 1. The van der Waals surface area contributed by atoms with Crippen molar-refractivity contribution in [3.63, 3.8) is 0 Å². The molecule has 1 atom stereocenters. The molecule has 0 radical (unpaired) electrons. The number of hydrogen-bond acceptors (Lipinski definition) is 3. The largest absolute Gasteiger partial charge is 0.473 e. The van der Waals surface area contributed by atoms with E-state index in [0.717, 1.165) is 0 Å². The Morgan fingerprint density at radius 1 is 1.09 bits per heavy atom. The van der Waals surface area contributed by atoms with Crippen molar-refractivity contribution in [2.24, 2.45) is 0 Å². The number of carbonyl (C=O) groups excluding carboxylic acids is 2. The summed E-state index contributed by atoms with van der Waals surface area (Å²) < 4.78 is 19.3. The van der Waals surface area contributed by atoms with Gasteiger partial charge in [0, 0.05) is 12.1 Å². The van der Waals surface area contributed by atoms with Crippen LogP contribution >= 0.6 is 0 Å². The Morgan fingerprint density at radius 2 is 1.74 bits per heavy atom. The van der Waals surface area contributed by atoms with Crippen LogP contribution in [0, 0.1) is 5.82 Å². The van der Waals surface area contributed by atoms with Gasteiger partial charge >= 0.3 is 6.03 Å². The van der Waals surface area contributed by atoms with Gasteiger partial charge in [-0.05, 0) is 19.1 Å². The molecular weight excluding hydrogens is 299 g/mol. The predicted molar refractivity (Wildman–Crippen MR) is 83.4 cm³/mol. The lowest BCUT2D eigenvalue weighted by Crippen LogP contribution is -2.42. The van der Waals surface area contributed by atoms with E-state index in [1.54, 1.807) is 43.3 Å². The average Bonchev–Trinajstić information content (AvgIpc) is 2.55. The van der Waals surface area contributed by atoms with E-state index in [1.807, 2.05) is 0 Å². The summed E-state index contributed by atoms with van der Waals surface area (Å²) in [7, 11) is 0. The van der Waals surface area contributed by atoms with Crippen molar-refractivity contribution in [2.45, 2.75) is 13.0 Å². The Labute approximate surface area is 133 Å². The van der Waals surface area contributed by atoms with Gasteiger partial charge in [-0.3, -0.25) is 10.1 Å². The first-order chi connectivity index (χ1) is 11.1. The predicted octanol–water partition coefficient (Wildman–Crippen LogP) is 2.79. The van der Waals surface area contributed by atoms with Crippen LogP contribution in [0.2, 0.25) is 0 Å². The summed E-state index contributed by atoms with van der Waals surface area (Å²) in [6, 6.07) is 13.7. The van der Waals surface area contributed by atoms with Gasteiger partial charge in [0.05, 0.1) is 0 Å². The van der Waals surface area contributed by atoms with Gasteiger partial charge in [0.1, 0.15) is 0 Å². The van der Waals surface area contributed by atoms with E-state index < -0.39 is 23.9 Å². The van der Waals surface area contributed by atoms with Gasteiger partial charge in [-0.25, -0.2) is 9.18 Å². The second-order valence-corrected chi connectivity index (χ2v) is 4.69. The summed E-state index contributed by atoms with van der Waals surface area (Å²) in [5.74, 6) is -1.32. The summed E-state index contributed by atoms with van der Waals surface area (Å²) in [5, 5.41) is 4.64. The molecule has 0 saturated heterocycles. The highest BCUT2D eigenvalue weighted by Gasteiger charge is 2.25. The summed E-state index contributed by atoms with van der Waals surface area (Å²) in [5.41, 5.74) is 0.512. The van der Waals surface area contributed by atoms with Crippen LogP contribution in [-0.4, -0.2) is 18.5 Å². The van der Waals surface area contributed by atoms with Gasteiger partial charge < -0.3 is 10.1 Å². The third kappa shape index (κ3) is 4.54. The number of para-hydroxylation sites is 1. The number of carbonyl (C=O) groups is 2. The highest BCUT2D eigenvalue weighted by atomic mass is 19.1. The number of nitrogens with one attached hydrogen (secondary N) is 2. The fourth-order valence-electron chi connectivity index (χ4n) is 1.95. The minimum atomic E-state index is -1.14. The van der Waals surface area contributed by atoms with E-state index in [2.05, 4.69) is 10.6 Å². The maximum absolute atomic E-state index is 13.8. The fourth-order valence-corrected chi connectivity index (χ4v) is 1.95. The van der Waals surface area contributed by atoms with Crippen LogP contribution in [0.4, 0.5) is 9.18 Å². The van der Waals surface area contributed by atoms with Gasteiger partial charge in [-0.15, -0.1) is 0 Å². The van der Waals surface area contributed by atoms with Gasteiger partial charge in [0.25, 0.3) is 5.91 Å². The molecule has 0 fully saturated rings. The first-order valence-corrected chi connectivity index (χ1v) is 7.16. The molecule has 0 saturated carbocycles. The molecule has 2 aromatic carbocycles. The highest BCUT2D eigenvalue weighted by molar-refractivity contribution is 5.97. The molecule has 2 aromatic rings. The number of halogens is 1. The standard InChI is InChI=1S/C17H17FN2O3/c1-2-19-17(22)20-16(21)15(12-8-4-3-5-9-12)23-14-11-7-6-10-13(14)18/h3-11,15H,2H2,1H3,(H2,19,20,21,22)/t15-/m0/s1. The van der Waals surface area contributed by atoms with E-state index in [-0.39, 0.29) is 5.75 Å². The molecule has 0 aromatic heterocycles. The molecule has 0 heterocycles. The Morgan fingerprint density at radius 3 is 2.39 bits per heavy atom. The van der Waals surface area contributed by atoms with E-state index in [1.165, 1.54) is 18.2 Å². The molecule has 2 rings (SSSR count). The molecule has 0 aliphatic carbocycles. The van der Waals surface area contributed by atoms with Crippen molar-refractivity contribution < 1.29 is 18.7 Å². The number of benzene rings is 2. The Kier molecular flexibility index (Phi) is 5.68. The van der Waals surface area contributed by atoms with Crippen molar-refractivity contribution in [3.05, 3.63) is 66.0 Å². The lowest BCUT2D eigenvalue weighted by atomic mass is 10.1. The molecule has 6 heteroatoms. The number of rotatable bonds is 5. The van der Waals surface area contributed by atoms with Crippen molar-refractivity contribution in [1.29, 1.82) is 0 Å². The van der Waals surface area contributed by atoms with Gasteiger partial charge in [-0.2, -0.15) is 0 Å². The smallest absolute Gasteiger partial charge is 0.321 e. The Hall–Kier alpha value is -2.89. The van der Waals surface area contributed by atoms with E-state index >= 15 is 0 Å². The summed E-state index contributed by atoms with van der Waals surface area (Å²) in [4.78, 5) is 23.9. The van der Waals surface area contributed by atoms with E-state index in [9.17, 15) is 14.0 Å². The number of amides is 3. The van der Waals surface area contributed by atoms with Crippen molar-refractivity contribution >= 4 is 11.9 Å². The molecule has 120 valence electrons. The quantitative estimate of drug-likeness (QED) is 0.891. The van der Waals surface area contributed by atoms with Gasteiger partial charge in [0.15, 0.2) is 11.6 Å². The lowest BCUT2D eigenvalue weighted by Gasteiger charge is -2.19. The monoisotopic (exact) mass is 316 g/mol. The number of ether oxygens (including phenoxy) is 1. The first kappa shape index (κ1) is 16.5. The number of imide groups is 1. The van der Waals surface area contributed by atoms with Crippen LogP contribution in [0.25, 0.3) is 0 Å². The van der Waals surface area contributed by atoms with Crippen LogP contribution in [0.5, 0.6) is 5.75 Å². The van der Waals surface area contributed by atoms with Crippen molar-refractivity contribution in [2.75, 3.05) is 6.54 Å². The fraction of sp³-hybridized carbons (Fsp3) is 0.176. The molecule has 5 nitrogen and oxygen atoms in total.